The molecule has 1 amide bonds. The zero-order valence-corrected chi connectivity index (χ0v) is 21.6. The molecule has 0 fully saturated rings. The Morgan fingerprint density at radius 1 is 0.914 bits per heavy atom. The Hall–Kier alpha value is -3.37. The zero-order valence-electron chi connectivity index (χ0n) is 19.9. The lowest BCUT2D eigenvalue weighted by molar-refractivity contribution is -0.120. The molecule has 3 rings (SSSR count). The number of carbonyl (C=O) groups excluding carboxylic acids is 1. The van der Waals surface area contributed by atoms with Crippen LogP contribution >= 0.6 is 0 Å². The molecule has 0 saturated heterocycles. The van der Waals surface area contributed by atoms with Crippen molar-refractivity contribution in [3.63, 3.8) is 0 Å². The van der Waals surface area contributed by atoms with E-state index >= 15 is 0 Å². The number of sulfone groups is 1. The van der Waals surface area contributed by atoms with Crippen molar-refractivity contribution in [2.24, 2.45) is 0 Å². The minimum Gasteiger partial charge on any atom is -0.495 e. The Balaban J connectivity index is 1.90. The van der Waals surface area contributed by atoms with E-state index in [1.54, 1.807) is 55.5 Å². The van der Waals surface area contributed by atoms with Gasteiger partial charge in [0.2, 0.25) is 5.91 Å². The van der Waals surface area contributed by atoms with Gasteiger partial charge in [-0.2, -0.15) is 0 Å². The highest BCUT2D eigenvalue weighted by Crippen LogP contribution is 2.32. The van der Waals surface area contributed by atoms with Gasteiger partial charge in [-0.1, -0.05) is 42.0 Å². The van der Waals surface area contributed by atoms with Crippen molar-refractivity contribution in [2.45, 2.75) is 29.7 Å². The van der Waals surface area contributed by atoms with Gasteiger partial charge in [0.1, 0.15) is 12.3 Å². The summed E-state index contributed by atoms with van der Waals surface area (Å²) >= 11 is 0. The molecule has 10 heteroatoms. The van der Waals surface area contributed by atoms with Gasteiger partial charge in [-0.3, -0.25) is 9.10 Å². The number of nitrogens with zero attached hydrogens (tertiary/aromatic N) is 1. The van der Waals surface area contributed by atoms with Gasteiger partial charge < -0.3 is 10.1 Å². The molecule has 0 spiro atoms. The molecule has 8 nitrogen and oxygen atoms in total. The largest absolute Gasteiger partial charge is 0.495 e. The summed E-state index contributed by atoms with van der Waals surface area (Å²) in [6.07, 6.45) is 1.12. The lowest BCUT2D eigenvalue weighted by Gasteiger charge is -2.26. The molecule has 3 aromatic carbocycles. The summed E-state index contributed by atoms with van der Waals surface area (Å²) in [5.41, 5.74) is 1.81. The third-order valence-electron chi connectivity index (χ3n) is 5.44. The highest BCUT2D eigenvalue weighted by molar-refractivity contribution is 7.93. The van der Waals surface area contributed by atoms with Crippen LogP contribution in [0.5, 0.6) is 5.75 Å². The summed E-state index contributed by atoms with van der Waals surface area (Å²) < 4.78 is 56.9. The summed E-state index contributed by atoms with van der Waals surface area (Å²) in [7, 11) is -6.01. The number of amides is 1. The number of para-hydroxylation sites is 2. The van der Waals surface area contributed by atoms with E-state index in [-0.39, 0.29) is 15.5 Å². The molecule has 186 valence electrons. The summed E-state index contributed by atoms with van der Waals surface area (Å²) in [5, 5.41) is 2.79. The number of carbonyl (C=O) groups is 1. The van der Waals surface area contributed by atoms with Crippen LogP contribution in [-0.2, 0) is 24.7 Å². The van der Waals surface area contributed by atoms with E-state index in [2.05, 4.69) is 5.32 Å². The number of benzene rings is 3. The summed E-state index contributed by atoms with van der Waals surface area (Å²) in [4.78, 5) is 13.2. The zero-order chi connectivity index (χ0) is 25.8. The molecule has 0 heterocycles. The molecule has 0 aromatic heterocycles. The first-order chi connectivity index (χ1) is 16.4. The van der Waals surface area contributed by atoms with Crippen molar-refractivity contribution in [3.8, 4) is 5.75 Å². The fourth-order valence-corrected chi connectivity index (χ4v) is 5.54. The molecule has 0 saturated carbocycles. The molecule has 0 aliphatic rings. The van der Waals surface area contributed by atoms with Crippen LogP contribution in [0.1, 0.15) is 24.1 Å². The van der Waals surface area contributed by atoms with Crippen LogP contribution in [-0.4, -0.2) is 42.7 Å². The van der Waals surface area contributed by atoms with Gasteiger partial charge in [0.25, 0.3) is 10.0 Å². The maximum Gasteiger partial charge on any atom is 0.264 e. The Morgan fingerprint density at radius 3 is 2.06 bits per heavy atom. The number of hydrogen-bond donors (Lipinski definition) is 1. The van der Waals surface area contributed by atoms with Gasteiger partial charge >= 0.3 is 0 Å². The maximum atomic E-state index is 13.6. The van der Waals surface area contributed by atoms with Crippen molar-refractivity contribution < 1.29 is 26.4 Å². The topological polar surface area (TPSA) is 110 Å². The maximum absolute atomic E-state index is 13.6. The SMILES string of the molecule is COc1ccccc1N(CC(=O)NC(C)c1ccc(S(C)(=O)=O)cc1)S(=O)(=O)c1ccc(C)cc1. The standard InChI is InChI=1S/C25H28N2O6S2/c1-18-9-13-22(14-10-18)35(31,32)27(23-7-5-6-8-24(23)33-3)17-25(28)26-19(2)20-11-15-21(16-12-20)34(4,29)30/h5-16,19H,17H2,1-4H3,(H,26,28). The van der Waals surface area contributed by atoms with Crippen LogP contribution in [0.15, 0.2) is 82.6 Å². The third-order valence-corrected chi connectivity index (χ3v) is 8.34. The average molecular weight is 517 g/mol. The molecule has 3 aromatic rings. The molecule has 35 heavy (non-hydrogen) atoms. The second kappa shape index (κ2) is 10.5. The number of methoxy groups -OCH3 is 1. The number of rotatable bonds is 9. The molecule has 0 radical (unpaired) electrons. The van der Waals surface area contributed by atoms with Gasteiger partial charge in [-0.25, -0.2) is 16.8 Å². The van der Waals surface area contributed by atoms with Crippen molar-refractivity contribution in [1.29, 1.82) is 0 Å². The van der Waals surface area contributed by atoms with Crippen LogP contribution in [0.3, 0.4) is 0 Å². The van der Waals surface area contributed by atoms with Crippen molar-refractivity contribution in [3.05, 3.63) is 83.9 Å². The Bertz CT molecular complexity index is 1400. The first-order valence-electron chi connectivity index (χ1n) is 10.8. The second-order valence-electron chi connectivity index (χ2n) is 8.13. The average Bonchev–Trinajstić information content (AvgIpc) is 2.82. The predicted molar refractivity (Wildman–Crippen MR) is 135 cm³/mol. The quantitative estimate of drug-likeness (QED) is 0.466. The van der Waals surface area contributed by atoms with E-state index in [9.17, 15) is 21.6 Å². The fourth-order valence-electron chi connectivity index (χ4n) is 3.48. The molecular weight excluding hydrogens is 488 g/mol. The molecule has 0 aliphatic heterocycles. The highest BCUT2D eigenvalue weighted by atomic mass is 32.2. The Kier molecular flexibility index (Phi) is 7.86. The van der Waals surface area contributed by atoms with Gasteiger partial charge in [-0.05, 0) is 55.8 Å². The van der Waals surface area contributed by atoms with Gasteiger partial charge in [-0.15, -0.1) is 0 Å². The van der Waals surface area contributed by atoms with Gasteiger partial charge in [0, 0.05) is 6.26 Å². The Morgan fingerprint density at radius 2 is 1.49 bits per heavy atom. The van der Waals surface area contributed by atoms with Crippen molar-refractivity contribution in [2.75, 3.05) is 24.2 Å². The minimum absolute atomic E-state index is 0.0474. The molecule has 1 unspecified atom stereocenters. The minimum atomic E-state index is -4.10. The molecule has 0 bridgehead atoms. The number of ether oxygens (including phenoxy) is 1. The second-order valence-corrected chi connectivity index (χ2v) is 12.0. The lowest BCUT2D eigenvalue weighted by Crippen LogP contribution is -2.41. The van der Waals surface area contributed by atoms with E-state index in [0.29, 0.717) is 11.3 Å². The summed E-state index contributed by atoms with van der Waals surface area (Å²) in [5.74, 6) is -0.230. The number of nitrogens with one attached hydrogen (secondary N) is 1. The first-order valence-corrected chi connectivity index (χ1v) is 14.1. The third kappa shape index (κ3) is 6.20. The van der Waals surface area contributed by atoms with E-state index in [1.807, 2.05) is 6.92 Å². The summed E-state index contributed by atoms with van der Waals surface area (Å²) in [6, 6.07) is 18.6. The number of aryl methyl sites for hydroxylation is 1. The van der Waals surface area contributed by atoms with Crippen LogP contribution in [0.25, 0.3) is 0 Å². The lowest BCUT2D eigenvalue weighted by atomic mass is 10.1. The van der Waals surface area contributed by atoms with Crippen LogP contribution < -0.4 is 14.4 Å². The predicted octanol–water partition coefficient (Wildman–Crippen LogP) is 3.48. The number of sulfonamides is 1. The van der Waals surface area contributed by atoms with Crippen molar-refractivity contribution in [1.82, 2.24) is 5.32 Å². The molecule has 1 N–H and O–H groups in total. The van der Waals surface area contributed by atoms with E-state index in [0.717, 1.165) is 16.1 Å². The van der Waals surface area contributed by atoms with Crippen molar-refractivity contribution >= 4 is 31.5 Å². The first kappa shape index (κ1) is 26.2. The van der Waals surface area contributed by atoms with Crippen LogP contribution in [0.4, 0.5) is 5.69 Å². The molecular formula is C25H28N2O6S2. The van der Waals surface area contributed by atoms with E-state index in [1.165, 1.54) is 31.4 Å². The smallest absolute Gasteiger partial charge is 0.264 e. The highest BCUT2D eigenvalue weighted by Gasteiger charge is 2.29. The monoisotopic (exact) mass is 516 g/mol. The van der Waals surface area contributed by atoms with Crippen LogP contribution in [0.2, 0.25) is 0 Å². The number of hydrogen-bond acceptors (Lipinski definition) is 6. The molecule has 0 aliphatic carbocycles. The number of anilines is 1. The summed E-state index contributed by atoms with van der Waals surface area (Å²) in [6.45, 7) is 3.10. The molecule has 1 atom stereocenters. The normalized spacial score (nSPS) is 12.6. The van der Waals surface area contributed by atoms with Crippen LogP contribution in [0, 0.1) is 6.92 Å². The Labute approximate surface area is 206 Å². The van der Waals surface area contributed by atoms with Gasteiger partial charge in [0.05, 0.1) is 28.6 Å². The van der Waals surface area contributed by atoms with E-state index < -0.39 is 38.4 Å². The fraction of sp³-hybridized carbons (Fsp3) is 0.240. The van der Waals surface area contributed by atoms with E-state index in [4.69, 9.17) is 4.74 Å². The van der Waals surface area contributed by atoms with Gasteiger partial charge in [0.15, 0.2) is 9.84 Å².